The lowest BCUT2D eigenvalue weighted by molar-refractivity contribution is -0.139. The highest BCUT2D eigenvalue weighted by Crippen LogP contribution is 2.22. The van der Waals surface area contributed by atoms with E-state index in [4.69, 9.17) is 9.84 Å². The summed E-state index contributed by atoms with van der Waals surface area (Å²) < 4.78 is 5.06. The number of carboxylic acid groups (broad SMARTS) is 1. The van der Waals surface area contributed by atoms with Crippen molar-refractivity contribution in [2.45, 2.75) is 12.8 Å². The summed E-state index contributed by atoms with van der Waals surface area (Å²) >= 11 is 0. The monoisotopic (exact) mass is 382 g/mol. The Labute approximate surface area is 162 Å². The van der Waals surface area contributed by atoms with Crippen LogP contribution in [0.2, 0.25) is 0 Å². The summed E-state index contributed by atoms with van der Waals surface area (Å²) in [6.45, 7) is 0.688. The number of carbonyl (C=O) groups is 3. The van der Waals surface area contributed by atoms with Crippen LogP contribution in [0.1, 0.15) is 23.2 Å². The normalized spacial score (nSPS) is 14.4. The molecule has 7 nitrogen and oxygen atoms in total. The highest BCUT2D eigenvalue weighted by atomic mass is 16.5. The van der Waals surface area contributed by atoms with Crippen LogP contribution >= 0.6 is 0 Å². The van der Waals surface area contributed by atoms with Crippen LogP contribution in [-0.4, -0.2) is 47.5 Å². The molecule has 7 heteroatoms. The molecule has 0 unspecified atom stereocenters. The Kier molecular flexibility index (Phi) is 6.26. The summed E-state index contributed by atoms with van der Waals surface area (Å²) in [4.78, 5) is 37.2. The number of nitrogens with zero attached hydrogens (tertiary/aromatic N) is 1. The summed E-state index contributed by atoms with van der Waals surface area (Å²) in [5.74, 6) is -0.854. The number of nitrogens with one attached hydrogen (secondary N) is 1. The Hall–Kier alpha value is -3.35. The standard InChI is InChI=1S/C21H22N2O5/c24-19(25)14-28-18-8-6-17(7-9-18)22-20(26)15-10-12-23(13-11-15)21(27)16-4-2-1-3-5-16/h1-9,15H,10-14H2,(H,22,26)(H,24,25). The van der Waals surface area contributed by atoms with Crippen molar-refractivity contribution in [2.75, 3.05) is 25.0 Å². The number of piperidine rings is 1. The molecule has 1 heterocycles. The fraction of sp³-hybridized carbons (Fsp3) is 0.286. The summed E-state index contributed by atoms with van der Waals surface area (Å²) in [7, 11) is 0. The van der Waals surface area contributed by atoms with Gasteiger partial charge in [-0.15, -0.1) is 0 Å². The summed E-state index contributed by atoms with van der Waals surface area (Å²) in [6, 6.07) is 15.7. The van der Waals surface area contributed by atoms with Crippen LogP contribution in [0.5, 0.6) is 5.75 Å². The van der Waals surface area contributed by atoms with Gasteiger partial charge in [0.1, 0.15) is 5.75 Å². The van der Waals surface area contributed by atoms with E-state index in [1.807, 2.05) is 18.2 Å². The number of hydrogen-bond donors (Lipinski definition) is 2. The van der Waals surface area contributed by atoms with Crippen molar-refractivity contribution in [2.24, 2.45) is 5.92 Å². The molecular weight excluding hydrogens is 360 g/mol. The van der Waals surface area contributed by atoms with Gasteiger partial charge in [0.15, 0.2) is 6.61 Å². The maximum Gasteiger partial charge on any atom is 0.341 e. The molecule has 2 amide bonds. The molecule has 0 radical (unpaired) electrons. The minimum atomic E-state index is -1.05. The van der Waals surface area contributed by atoms with Crippen LogP contribution in [0.4, 0.5) is 5.69 Å². The Balaban J connectivity index is 1.48. The van der Waals surface area contributed by atoms with Crippen molar-refractivity contribution < 1.29 is 24.2 Å². The molecule has 0 aliphatic carbocycles. The maximum absolute atomic E-state index is 12.5. The lowest BCUT2D eigenvalue weighted by Gasteiger charge is -2.31. The van der Waals surface area contributed by atoms with Crippen molar-refractivity contribution in [3.8, 4) is 5.75 Å². The molecular formula is C21H22N2O5. The van der Waals surface area contributed by atoms with E-state index in [1.165, 1.54) is 0 Å². The molecule has 146 valence electrons. The Morgan fingerprint density at radius 2 is 1.64 bits per heavy atom. The largest absolute Gasteiger partial charge is 0.482 e. The molecule has 0 atom stereocenters. The van der Waals surface area contributed by atoms with Gasteiger partial charge in [0.2, 0.25) is 5.91 Å². The number of likely N-dealkylation sites (tertiary alicyclic amines) is 1. The lowest BCUT2D eigenvalue weighted by atomic mass is 9.95. The fourth-order valence-corrected chi connectivity index (χ4v) is 3.13. The van der Waals surface area contributed by atoms with E-state index in [0.717, 1.165) is 0 Å². The molecule has 1 saturated heterocycles. The lowest BCUT2D eigenvalue weighted by Crippen LogP contribution is -2.41. The number of benzene rings is 2. The van der Waals surface area contributed by atoms with Gasteiger partial charge >= 0.3 is 5.97 Å². The van der Waals surface area contributed by atoms with Crippen molar-refractivity contribution in [3.63, 3.8) is 0 Å². The topological polar surface area (TPSA) is 95.9 Å². The average Bonchev–Trinajstić information content (AvgIpc) is 2.73. The minimum Gasteiger partial charge on any atom is -0.482 e. The number of anilines is 1. The van der Waals surface area contributed by atoms with Gasteiger partial charge in [-0.2, -0.15) is 0 Å². The molecule has 2 aromatic rings. The number of rotatable bonds is 6. The van der Waals surface area contributed by atoms with E-state index in [1.54, 1.807) is 41.3 Å². The van der Waals surface area contributed by atoms with Gasteiger partial charge in [-0.3, -0.25) is 9.59 Å². The van der Waals surface area contributed by atoms with Gasteiger partial charge < -0.3 is 20.1 Å². The molecule has 0 spiro atoms. The molecule has 0 bridgehead atoms. The highest BCUT2D eigenvalue weighted by molar-refractivity contribution is 5.95. The van der Waals surface area contributed by atoms with Gasteiger partial charge in [0, 0.05) is 30.3 Å². The summed E-state index contributed by atoms with van der Waals surface area (Å²) in [6.07, 6.45) is 1.23. The Morgan fingerprint density at radius 1 is 1.00 bits per heavy atom. The van der Waals surface area contributed by atoms with Gasteiger partial charge in [-0.25, -0.2) is 4.79 Å². The van der Waals surface area contributed by atoms with E-state index in [0.29, 0.717) is 42.9 Å². The highest BCUT2D eigenvalue weighted by Gasteiger charge is 2.27. The first-order valence-corrected chi connectivity index (χ1v) is 9.13. The minimum absolute atomic E-state index is 0.00333. The fourth-order valence-electron chi connectivity index (χ4n) is 3.13. The molecule has 0 aromatic heterocycles. The number of carboxylic acids is 1. The summed E-state index contributed by atoms with van der Waals surface area (Å²) in [5.41, 5.74) is 1.28. The van der Waals surface area contributed by atoms with Crippen LogP contribution in [0.15, 0.2) is 54.6 Å². The molecule has 28 heavy (non-hydrogen) atoms. The summed E-state index contributed by atoms with van der Waals surface area (Å²) in [5, 5.41) is 11.5. The van der Waals surface area contributed by atoms with Crippen LogP contribution in [-0.2, 0) is 9.59 Å². The molecule has 2 N–H and O–H groups in total. The van der Waals surface area contributed by atoms with Crippen molar-refractivity contribution in [1.82, 2.24) is 4.90 Å². The number of aliphatic carboxylic acids is 1. The maximum atomic E-state index is 12.5. The zero-order chi connectivity index (χ0) is 19.9. The van der Waals surface area contributed by atoms with E-state index >= 15 is 0 Å². The third kappa shape index (κ3) is 5.09. The first-order chi connectivity index (χ1) is 13.5. The van der Waals surface area contributed by atoms with Crippen LogP contribution in [0.25, 0.3) is 0 Å². The molecule has 1 aliphatic rings. The van der Waals surface area contributed by atoms with Gasteiger partial charge in [-0.05, 0) is 49.2 Å². The Bertz CT molecular complexity index is 828. The number of amides is 2. The second-order valence-electron chi connectivity index (χ2n) is 6.63. The van der Waals surface area contributed by atoms with Crippen molar-refractivity contribution in [3.05, 3.63) is 60.2 Å². The Morgan fingerprint density at radius 3 is 2.25 bits per heavy atom. The van der Waals surface area contributed by atoms with Gasteiger partial charge in [-0.1, -0.05) is 18.2 Å². The van der Waals surface area contributed by atoms with Crippen molar-refractivity contribution >= 4 is 23.5 Å². The number of carbonyl (C=O) groups excluding carboxylic acids is 2. The zero-order valence-electron chi connectivity index (χ0n) is 15.3. The van der Waals surface area contributed by atoms with Gasteiger partial charge in [0.25, 0.3) is 5.91 Å². The van der Waals surface area contributed by atoms with E-state index in [-0.39, 0.29) is 17.7 Å². The van der Waals surface area contributed by atoms with Crippen LogP contribution in [0.3, 0.4) is 0 Å². The van der Waals surface area contributed by atoms with Crippen LogP contribution < -0.4 is 10.1 Å². The quantitative estimate of drug-likeness (QED) is 0.801. The predicted molar refractivity (Wildman–Crippen MR) is 103 cm³/mol. The molecule has 3 rings (SSSR count). The third-order valence-corrected chi connectivity index (χ3v) is 4.66. The first kappa shape index (κ1) is 19.4. The van der Waals surface area contributed by atoms with Crippen molar-refractivity contribution in [1.29, 1.82) is 0 Å². The SMILES string of the molecule is O=C(O)COc1ccc(NC(=O)C2CCN(C(=O)c3ccccc3)CC2)cc1. The van der Waals surface area contributed by atoms with Crippen LogP contribution in [0, 0.1) is 5.92 Å². The second-order valence-corrected chi connectivity index (χ2v) is 6.63. The molecule has 1 aliphatic heterocycles. The van der Waals surface area contributed by atoms with Gasteiger partial charge in [0.05, 0.1) is 0 Å². The first-order valence-electron chi connectivity index (χ1n) is 9.13. The molecule has 0 saturated carbocycles. The zero-order valence-corrected chi connectivity index (χ0v) is 15.3. The third-order valence-electron chi connectivity index (χ3n) is 4.66. The van der Waals surface area contributed by atoms with E-state index in [9.17, 15) is 14.4 Å². The predicted octanol–water partition coefficient (Wildman–Crippen LogP) is 2.64. The number of hydrogen-bond acceptors (Lipinski definition) is 4. The smallest absolute Gasteiger partial charge is 0.341 e. The molecule has 1 fully saturated rings. The average molecular weight is 382 g/mol. The second kappa shape index (κ2) is 9.03. The number of ether oxygens (including phenoxy) is 1. The van der Waals surface area contributed by atoms with E-state index in [2.05, 4.69) is 5.32 Å². The van der Waals surface area contributed by atoms with E-state index < -0.39 is 12.6 Å². The molecule has 2 aromatic carbocycles.